The van der Waals surface area contributed by atoms with E-state index in [1.807, 2.05) is 39.0 Å². The molecule has 2 aromatic rings. The minimum absolute atomic E-state index is 0.0749. The van der Waals surface area contributed by atoms with Crippen molar-refractivity contribution in [2.75, 3.05) is 26.4 Å². The van der Waals surface area contributed by atoms with Gasteiger partial charge in [-0.25, -0.2) is 0 Å². The van der Waals surface area contributed by atoms with Gasteiger partial charge in [0, 0.05) is 18.5 Å². The van der Waals surface area contributed by atoms with Crippen LogP contribution in [-0.4, -0.2) is 38.1 Å². The van der Waals surface area contributed by atoms with Crippen molar-refractivity contribution in [3.05, 3.63) is 53.6 Å². The number of hydrogen-bond donors (Lipinski definition) is 1. The van der Waals surface area contributed by atoms with Crippen LogP contribution in [0.15, 0.2) is 42.5 Å². The summed E-state index contributed by atoms with van der Waals surface area (Å²) in [6, 6.07) is 12.6. The Kier molecular flexibility index (Phi) is 9.02. The molecule has 0 saturated heterocycles. The number of ether oxygens (including phenoxy) is 3. The molecule has 0 radical (unpaired) electrons. The monoisotopic (exact) mass is 399 g/mol. The van der Waals surface area contributed by atoms with Crippen LogP contribution in [0.4, 0.5) is 0 Å². The molecule has 2 aromatic carbocycles. The fourth-order valence-electron chi connectivity index (χ4n) is 2.74. The molecule has 0 saturated carbocycles. The van der Waals surface area contributed by atoms with Crippen LogP contribution in [0.5, 0.6) is 17.2 Å². The maximum atomic E-state index is 12.0. The largest absolute Gasteiger partial charge is 0.490 e. The average molecular weight is 399 g/mol. The zero-order valence-electron chi connectivity index (χ0n) is 17.3. The number of ketones is 1. The molecule has 2 rings (SSSR count). The van der Waals surface area contributed by atoms with Gasteiger partial charge in [-0.15, -0.1) is 0 Å². The molecule has 0 aliphatic rings. The third kappa shape index (κ3) is 7.14. The van der Waals surface area contributed by atoms with E-state index in [4.69, 9.17) is 14.2 Å². The van der Waals surface area contributed by atoms with Gasteiger partial charge < -0.3 is 19.5 Å². The summed E-state index contributed by atoms with van der Waals surface area (Å²) in [6.45, 7) is 7.23. The number of benzene rings is 2. The van der Waals surface area contributed by atoms with Gasteiger partial charge in [0.15, 0.2) is 23.9 Å². The third-order valence-corrected chi connectivity index (χ3v) is 4.21. The van der Waals surface area contributed by atoms with Crippen molar-refractivity contribution in [3.8, 4) is 17.2 Å². The lowest BCUT2D eigenvalue weighted by Crippen LogP contribution is -2.30. The first-order valence-corrected chi connectivity index (χ1v) is 9.98. The number of hydrogen-bond acceptors (Lipinski definition) is 5. The van der Waals surface area contributed by atoms with Crippen molar-refractivity contribution in [1.82, 2.24) is 5.32 Å². The summed E-state index contributed by atoms with van der Waals surface area (Å²) >= 11 is 0. The van der Waals surface area contributed by atoms with Crippen molar-refractivity contribution < 1.29 is 23.8 Å². The summed E-state index contributed by atoms with van der Waals surface area (Å²) in [5, 5.41) is 2.84. The van der Waals surface area contributed by atoms with Crippen molar-refractivity contribution in [2.45, 2.75) is 33.6 Å². The molecule has 0 bridgehead atoms. The van der Waals surface area contributed by atoms with Gasteiger partial charge in [-0.05, 0) is 62.2 Å². The fraction of sp³-hybridized carbons (Fsp3) is 0.391. The molecule has 0 spiro atoms. The molecular formula is C23H29NO5. The molecule has 1 N–H and O–H groups in total. The minimum Gasteiger partial charge on any atom is -0.490 e. The Bertz CT molecular complexity index is 801. The first kappa shape index (κ1) is 22.3. The zero-order chi connectivity index (χ0) is 21.1. The van der Waals surface area contributed by atoms with Crippen LogP contribution < -0.4 is 19.5 Å². The fourth-order valence-corrected chi connectivity index (χ4v) is 2.74. The lowest BCUT2D eigenvalue weighted by molar-refractivity contribution is -0.123. The highest BCUT2D eigenvalue weighted by Crippen LogP contribution is 2.28. The van der Waals surface area contributed by atoms with Gasteiger partial charge in [0.1, 0.15) is 5.75 Å². The van der Waals surface area contributed by atoms with Crippen molar-refractivity contribution in [1.29, 1.82) is 0 Å². The maximum Gasteiger partial charge on any atom is 0.257 e. The van der Waals surface area contributed by atoms with E-state index in [9.17, 15) is 9.59 Å². The number of rotatable bonds is 12. The number of amides is 1. The summed E-state index contributed by atoms with van der Waals surface area (Å²) in [5.41, 5.74) is 1.69. The van der Waals surface area contributed by atoms with Gasteiger partial charge in [0.2, 0.25) is 0 Å². The van der Waals surface area contributed by atoms with Crippen molar-refractivity contribution in [2.24, 2.45) is 0 Å². The second kappa shape index (κ2) is 11.7. The second-order valence-electron chi connectivity index (χ2n) is 6.34. The molecule has 0 fully saturated rings. The molecule has 6 nitrogen and oxygen atoms in total. The van der Waals surface area contributed by atoms with Gasteiger partial charge in [-0.1, -0.05) is 13.0 Å². The van der Waals surface area contributed by atoms with Crippen LogP contribution in [0.1, 0.15) is 43.1 Å². The summed E-state index contributed by atoms with van der Waals surface area (Å²) in [6.07, 6.45) is 1.13. The second-order valence-corrected chi connectivity index (χ2v) is 6.34. The molecule has 156 valence electrons. The number of carbonyl (C=O) groups is 2. The predicted octanol–water partition coefficient (Wildman–Crippen LogP) is 3.81. The molecule has 1 amide bonds. The Morgan fingerprint density at radius 3 is 2.21 bits per heavy atom. The van der Waals surface area contributed by atoms with Crippen LogP contribution >= 0.6 is 0 Å². The molecule has 6 heteroatoms. The van der Waals surface area contributed by atoms with E-state index in [-0.39, 0.29) is 18.3 Å². The molecule has 0 aliphatic heterocycles. The zero-order valence-corrected chi connectivity index (χ0v) is 17.3. The first-order chi connectivity index (χ1) is 14.1. The molecule has 0 unspecified atom stereocenters. The predicted molar refractivity (Wildman–Crippen MR) is 112 cm³/mol. The smallest absolute Gasteiger partial charge is 0.257 e. The lowest BCUT2D eigenvalue weighted by atomic mass is 10.1. The molecule has 0 aromatic heterocycles. The van der Waals surface area contributed by atoms with E-state index < -0.39 is 0 Å². The molecular weight excluding hydrogens is 370 g/mol. The molecule has 0 heterocycles. The number of carbonyl (C=O) groups excluding carboxylic acids is 2. The Balaban J connectivity index is 1.78. The Hall–Kier alpha value is -3.02. The normalized spacial score (nSPS) is 10.3. The van der Waals surface area contributed by atoms with Gasteiger partial charge >= 0.3 is 0 Å². The standard InChI is InChI=1S/C23H29NO5/c1-4-20(25)18-8-10-19(11-9-18)29-16-23(26)24-14-13-17-7-12-21(27-5-2)22(15-17)28-6-3/h7-12,15H,4-6,13-14,16H2,1-3H3,(H,24,26). The van der Waals surface area contributed by atoms with E-state index in [0.29, 0.717) is 49.7 Å². The third-order valence-electron chi connectivity index (χ3n) is 4.21. The molecule has 0 aliphatic carbocycles. The van der Waals surface area contributed by atoms with Gasteiger partial charge in [0.25, 0.3) is 5.91 Å². The Morgan fingerprint density at radius 2 is 1.55 bits per heavy atom. The highest BCUT2D eigenvalue weighted by molar-refractivity contribution is 5.95. The van der Waals surface area contributed by atoms with Crippen molar-refractivity contribution >= 4 is 11.7 Å². The molecule has 29 heavy (non-hydrogen) atoms. The van der Waals surface area contributed by atoms with E-state index >= 15 is 0 Å². The van der Waals surface area contributed by atoms with E-state index in [0.717, 1.165) is 11.3 Å². The Morgan fingerprint density at radius 1 is 0.862 bits per heavy atom. The van der Waals surface area contributed by atoms with E-state index in [1.54, 1.807) is 24.3 Å². The SMILES string of the molecule is CCOc1ccc(CCNC(=O)COc2ccc(C(=O)CC)cc2)cc1OCC. The lowest BCUT2D eigenvalue weighted by Gasteiger charge is -2.13. The average Bonchev–Trinajstić information content (AvgIpc) is 2.74. The summed E-state index contributed by atoms with van der Waals surface area (Å²) < 4.78 is 16.7. The molecule has 0 atom stereocenters. The van der Waals surface area contributed by atoms with Crippen LogP contribution in [0.3, 0.4) is 0 Å². The van der Waals surface area contributed by atoms with Crippen molar-refractivity contribution in [3.63, 3.8) is 0 Å². The first-order valence-electron chi connectivity index (χ1n) is 9.98. The van der Waals surface area contributed by atoms with Crippen LogP contribution in [-0.2, 0) is 11.2 Å². The summed E-state index contributed by atoms with van der Waals surface area (Å²) in [4.78, 5) is 23.6. The van der Waals surface area contributed by atoms with Gasteiger partial charge in [-0.2, -0.15) is 0 Å². The highest BCUT2D eigenvalue weighted by atomic mass is 16.5. The Labute approximate surface area is 172 Å². The van der Waals surface area contributed by atoms with Gasteiger partial charge in [0.05, 0.1) is 13.2 Å². The summed E-state index contributed by atoms with van der Waals surface area (Å²) in [5.74, 6) is 1.88. The van der Waals surface area contributed by atoms with Crippen LogP contribution in [0.2, 0.25) is 0 Å². The van der Waals surface area contributed by atoms with E-state index in [1.165, 1.54) is 0 Å². The number of nitrogens with one attached hydrogen (secondary N) is 1. The van der Waals surface area contributed by atoms with E-state index in [2.05, 4.69) is 5.32 Å². The van der Waals surface area contributed by atoms with Crippen LogP contribution in [0, 0.1) is 0 Å². The topological polar surface area (TPSA) is 73.9 Å². The highest BCUT2D eigenvalue weighted by Gasteiger charge is 2.08. The number of Topliss-reactive ketones (excluding diaryl/α,β-unsaturated/α-hetero) is 1. The quantitative estimate of drug-likeness (QED) is 0.549. The summed E-state index contributed by atoms with van der Waals surface area (Å²) in [7, 11) is 0. The maximum absolute atomic E-state index is 12.0. The minimum atomic E-state index is -0.199. The van der Waals surface area contributed by atoms with Crippen LogP contribution in [0.25, 0.3) is 0 Å². The van der Waals surface area contributed by atoms with Gasteiger partial charge in [-0.3, -0.25) is 9.59 Å².